The number of benzene rings is 3. The first kappa shape index (κ1) is 33.2. The molecule has 1 aliphatic heterocycles. The molecule has 0 bridgehead atoms. The zero-order valence-electron chi connectivity index (χ0n) is 25.0. The third kappa shape index (κ3) is 8.09. The minimum atomic E-state index is -0.723. The first-order chi connectivity index (χ1) is 21.8. The summed E-state index contributed by atoms with van der Waals surface area (Å²) in [4.78, 5) is 46.2. The molecule has 3 aromatic carbocycles. The van der Waals surface area contributed by atoms with Crippen molar-refractivity contribution in [2.24, 2.45) is 4.99 Å². The van der Waals surface area contributed by atoms with E-state index in [1.54, 1.807) is 43.4 Å². The Labute approximate surface area is 275 Å². The molecular weight excluding hydrogens is 654 g/mol. The van der Waals surface area contributed by atoms with Crippen LogP contribution in [0.5, 0.6) is 11.5 Å². The summed E-state index contributed by atoms with van der Waals surface area (Å²) < 4.78 is 11.4. The highest BCUT2D eigenvalue weighted by molar-refractivity contribution is 9.10. The number of rotatable bonds is 11. The van der Waals surface area contributed by atoms with Crippen molar-refractivity contribution < 1.29 is 23.9 Å². The van der Waals surface area contributed by atoms with Crippen LogP contribution in [0.25, 0.3) is 6.08 Å². The van der Waals surface area contributed by atoms with E-state index >= 15 is 0 Å². The van der Waals surface area contributed by atoms with E-state index in [4.69, 9.17) is 9.47 Å². The average Bonchev–Trinajstić information content (AvgIpc) is 3.06. The van der Waals surface area contributed by atoms with Gasteiger partial charge in [0.2, 0.25) is 5.91 Å². The molecule has 1 aliphatic rings. The van der Waals surface area contributed by atoms with E-state index in [-0.39, 0.29) is 28.4 Å². The number of ether oxygens (including phenoxy) is 2. The van der Waals surface area contributed by atoms with Gasteiger partial charge in [0.05, 0.1) is 30.5 Å². The number of carbonyl (C=O) groups excluding carboxylic acids is 3. The molecule has 0 unspecified atom stereocenters. The molecule has 1 N–H and O–H groups in total. The number of aliphatic imine (C=N–C) groups is 1. The number of hydrogen-bond donors (Lipinski definition) is 1. The van der Waals surface area contributed by atoms with Crippen molar-refractivity contribution in [2.75, 3.05) is 20.0 Å². The summed E-state index contributed by atoms with van der Waals surface area (Å²) in [5, 5.41) is 3.17. The highest BCUT2D eigenvalue weighted by atomic mass is 79.9. The molecule has 0 radical (unpaired) electrons. The van der Waals surface area contributed by atoms with E-state index in [0.717, 1.165) is 22.9 Å². The number of amidine groups is 1. The maximum absolute atomic E-state index is 13.9. The van der Waals surface area contributed by atoms with Gasteiger partial charge in [0.15, 0.2) is 16.7 Å². The molecular formula is C35H32BrN3O5S. The van der Waals surface area contributed by atoms with Gasteiger partial charge in [0, 0.05) is 5.70 Å². The normalized spacial score (nSPS) is 14.6. The molecule has 0 saturated heterocycles. The van der Waals surface area contributed by atoms with E-state index in [2.05, 4.69) is 32.8 Å². The van der Waals surface area contributed by atoms with Crippen LogP contribution in [0.4, 0.5) is 0 Å². The highest BCUT2D eigenvalue weighted by Gasteiger charge is 2.35. The molecule has 3 amide bonds. The predicted molar refractivity (Wildman–Crippen MR) is 183 cm³/mol. The zero-order valence-corrected chi connectivity index (χ0v) is 27.4. The number of allylic oxidation sites excluding steroid dienone is 4. The minimum Gasteiger partial charge on any atom is -0.493 e. The van der Waals surface area contributed by atoms with Crippen molar-refractivity contribution in [1.29, 1.82) is 0 Å². The fraction of sp³-hybridized carbons (Fsp3) is 0.143. The van der Waals surface area contributed by atoms with Gasteiger partial charge in [-0.3, -0.25) is 19.3 Å². The Balaban J connectivity index is 1.65. The summed E-state index contributed by atoms with van der Waals surface area (Å²) in [6.07, 6.45) is 8.10. The summed E-state index contributed by atoms with van der Waals surface area (Å²) >= 11 is 4.45. The second kappa shape index (κ2) is 15.9. The first-order valence-corrected chi connectivity index (χ1v) is 15.7. The van der Waals surface area contributed by atoms with Crippen molar-refractivity contribution in [3.63, 3.8) is 0 Å². The molecule has 0 fully saturated rings. The van der Waals surface area contributed by atoms with Gasteiger partial charge in [-0.1, -0.05) is 97.2 Å². The van der Waals surface area contributed by atoms with E-state index in [1.807, 2.05) is 60.7 Å². The van der Waals surface area contributed by atoms with Crippen LogP contribution in [0.1, 0.15) is 29.7 Å². The number of nitrogens with zero attached hydrogens (tertiary/aromatic N) is 2. The number of hydrogen-bond acceptors (Lipinski definition) is 6. The Bertz CT molecular complexity index is 1660. The Morgan fingerprint density at radius 1 is 1.04 bits per heavy atom. The predicted octanol–water partition coefficient (Wildman–Crippen LogP) is 6.86. The van der Waals surface area contributed by atoms with Gasteiger partial charge in [-0.15, -0.1) is 0 Å². The van der Waals surface area contributed by atoms with E-state index in [0.29, 0.717) is 27.2 Å². The minimum absolute atomic E-state index is 0.0866. The molecule has 0 spiro atoms. The monoisotopic (exact) mass is 685 g/mol. The van der Waals surface area contributed by atoms with Crippen molar-refractivity contribution in [1.82, 2.24) is 10.2 Å². The van der Waals surface area contributed by atoms with Gasteiger partial charge in [-0.2, -0.15) is 4.99 Å². The molecule has 0 atom stereocenters. The molecule has 230 valence electrons. The first-order valence-electron chi connectivity index (χ1n) is 13.9. The standard InChI is InChI=1S/C35H32BrN3O5S/c1-5-7-18-26(6-2)39-34(42)27(19-23-20-28(36)32(44-4)29(21-23)43-3)33(41)38-35(39)45-22-30(40)37-31(24-14-10-8-11-15-24)25-16-12-9-13-17-25/h5-21,31H,1,22H2,2-4H3,(H,37,40)/b18-7-,26-6+,27-19-. The van der Waals surface area contributed by atoms with Crippen LogP contribution >= 0.6 is 27.7 Å². The third-order valence-corrected chi connectivity index (χ3v) is 8.21. The second-order valence-corrected chi connectivity index (χ2v) is 11.4. The second-order valence-electron chi connectivity index (χ2n) is 9.56. The average molecular weight is 687 g/mol. The molecule has 4 rings (SSSR count). The van der Waals surface area contributed by atoms with Crippen LogP contribution in [-0.2, 0) is 14.4 Å². The van der Waals surface area contributed by atoms with Crippen LogP contribution in [0.15, 0.2) is 124 Å². The molecule has 8 nitrogen and oxygen atoms in total. The molecule has 45 heavy (non-hydrogen) atoms. The molecule has 3 aromatic rings. The van der Waals surface area contributed by atoms with E-state index < -0.39 is 11.8 Å². The van der Waals surface area contributed by atoms with Crippen molar-refractivity contribution >= 4 is 56.7 Å². The zero-order chi connectivity index (χ0) is 32.3. The number of methoxy groups -OCH3 is 2. The quantitative estimate of drug-likeness (QED) is 0.135. The van der Waals surface area contributed by atoms with Gasteiger partial charge in [-0.05, 0) is 63.8 Å². The Hall–Kier alpha value is -4.67. The number of nitrogens with one attached hydrogen (secondary N) is 1. The molecule has 0 aromatic heterocycles. The van der Waals surface area contributed by atoms with Crippen molar-refractivity contribution in [3.8, 4) is 11.5 Å². The van der Waals surface area contributed by atoms with Gasteiger partial charge in [0.25, 0.3) is 11.8 Å². The SMILES string of the molecule is C=C/C=C\C(=C/C)N1C(=O)/C(=C\c2cc(Br)c(OC)c(OC)c2)C(=O)N=C1SCC(=O)NC(c1ccccc1)c1ccccc1. The maximum Gasteiger partial charge on any atom is 0.285 e. The van der Waals surface area contributed by atoms with Crippen molar-refractivity contribution in [3.05, 3.63) is 136 Å². The Morgan fingerprint density at radius 2 is 1.69 bits per heavy atom. The van der Waals surface area contributed by atoms with Crippen LogP contribution < -0.4 is 14.8 Å². The van der Waals surface area contributed by atoms with Crippen LogP contribution in [0.2, 0.25) is 0 Å². The number of halogens is 1. The lowest BCUT2D eigenvalue weighted by molar-refractivity contribution is -0.126. The maximum atomic E-state index is 13.9. The topological polar surface area (TPSA) is 97.3 Å². The number of amides is 3. The third-order valence-electron chi connectivity index (χ3n) is 6.68. The summed E-state index contributed by atoms with van der Waals surface area (Å²) in [6.45, 7) is 5.48. The van der Waals surface area contributed by atoms with Crippen LogP contribution in [-0.4, -0.2) is 47.8 Å². The Morgan fingerprint density at radius 3 is 2.24 bits per heavy atom. The van der Waals surface area contributed by atoms with Gasteiger partial charge in [-0.25, -0.2) is 0 Å². The van der Waals surface area contributed by atoms with E-state index in [1.165, 1.54) is 25.2 Å². The van der Waals surface area contributed by atoms with Crippen molar-refractivity contribution in [2.45, 2.75) is 13.0 Å². The fourth-order valence-corrected chi connectivity index (χ4v) is 6.01. The molecule has 0 saturated carbocycles. The van der Waals surface area contributed by atoms with E-state index in [9.17, 15) is 14.4 Å². The summed E-state index contributed by atoms with van der Waals surface area (Å²) in [6, 6.07) is 22.3. The molecule has 0 aliphatic carbocycles. The lowest BCUT2D eigenvalue weighted by Gasteiger charge is -2.28. The van der Waals surface area contributed by atoms with Gasteiger partial charge < -0.3 is 14.8 Å². The van der Waals surface area contributed by atoms with Gasteiger partial charge >= 0.3 is 0 Å². The van der Waals surface area contributed by atoms with Crippen LogP contribution in [0.3, 0.4) is 0 Å². The Kier molecular flexibility index (Phi) is 11.7. The highest BCUT2D eigenvalue weighted by Crippen LogP contribution is 2.37. The molecule has 1 heterocycles. The number of carbonyl (C=O) groups is 3. The largest absolute Gasteiger partial charge is 0.493 e. The van der Waals surface area contributed by atoms with Crippen LogP contribution in [0, 0.1) is 0 Å². The number of thioether (sulfide) groups is 1. The summed E-state index contributed by atoms with van der Waals surface area (Å²) in [5.41, 5.74) is 2.68. The lowest BCUT2D eigenvalue weighted by atomic mass is 9.99. The summed E-state index contributed by atoms with van der Waals surface area (Å²) in [5.74, 6) is -0.790. The summed E-state index contributed by atoms with van der Waals surface area (Å²) in [7, 11) is 3.01. The molecule has 10 heteroatoms. The van der Waals surface area contributed by atoms with Gasteiger partial charge in [0.1, 0.15) is 5.57 Å². The fourth-order valence-electron chi connectivity index (χ4n) is 4.58. The smallest absolute Gasteiger partial charge is 0.285 e. The lowest BCUT2D eigenvalue weighted by Crippen LogP contribution is -2.42.